The summed E-state index contributed by atoms with van der Waals surface area (Å²) >= 11 is 1.66. The number of thioether (sulfide) groups is 1. The Morgan fingerprint density at radius 3 is 3.13 bits per heavy atom. The third-order valence-electron chi connectivity index (χ3n) is 2.50. The molecule has 1 aromatic rings. The summed E-state index contributed by atoms with van der Waals surface area (Å²) in [6, 6.07) is 2.07. The molecule has 0 saturated carbocycles. The fourth-order valence-electron chi connectivity index (χ4n) is 1.69. The van der Waals surface area contributed by atoms with Gasteiger partial charge in [-0.15, -0.1) is 11.8 Å². The molecule has 0 atom stereocenters. The summed E-state index contributed by atoms with van der Waals surface area (Å²) in [5.74, 6) is 1.05. The van der Waals surface area contributed by atoms with Crippen molar-refractivity contribution in [2.75, 3.05) is 37.3 Å². The summed E-state index contributed by atoms with van der Waals surface area (Å²) < 4.78 is 0. The van der Waals surface area contributed by atoms with Gasteiger partial charge in [-0.2, -0.15) is 0 Å². The highest BCUT2D eigenvalue weighted by Crippen LogP contribution is 2.17. The van der Waals surface area contributed by atoms with Crippen LogP contribution in [0.2, 0.25) is 0 Å². The van der Waals surface area contributed by atoms with Crippen molar-refractivity contribution in [3.63, 3.8) is 0 Å². The molecule has 1 N–H and O–H groups in total. The third-order valence-corrected chi connectivity index (χ3v) is 3.14. The van der Waals surface area contributed by atoms with Crippen LogP contribution in [0.5, 0.6) is 0 Å². The molecule has 82 valence electrons. The van der Waals surface area contributed by atoms with E-state index in [1.165, 1.54) is 6.42 Å². The Bertz CT molecular complexity index is 310. The van der Waals surface area contributed by atoms with Gasteiger partial charge in [-0.3, -0.25) is 0 Å². The van der Waals surface area contributed by atoms with Gasteiger partial charge >= 0.3 is 0 Å². The highest BCUT2D eigenvalue weighted by atomic mass is 32.2. The van der Waals surface area contributed by atoms with E-state index < -0.39 is 0 Å². The lowest BCUT2D eigenvalue weighted by molar-refractivity contribution is 0.724. The number of hydrogen-bond acceptors (Lipinski definition) is 5. The predicted octanol–water partition coefficient (Wildman–Crippen LogP) is 0.998. The molecule has 0 radical (unpaired) electrons. The number of aromatic nitrogens is 2. The van der Waals surface area contributed by atoms with Gasteiger partial charge < -0.3 is 10.2 Å². The maximum absolute atomic E-state index is 4.33. The Balaban J connectivity index is 2.12. The highest BCUT2D eigenvalue weighted by molar-refractivity contribution is 7.98. The molecule has 4 nitrogen and oxygen atoms in total. The largest absolute Gasteiger partial charge is 0.355 e. The molecule has 0 bridgehead atoms. The summed E-state index contributed by atoms with van der Waals surface area (Å²) in [4.78, 5) is 10.8. The van der Waals surface area contributed by atoms with Crippen LogP contribution in [-0.2, 0) is 0 Å². The van der Waals surface area contributed by atoms with Gasteiger partial charge in [-0.05, 0) is 19.2 Å². The van der Waals surface area contributed by atoms with E-state index in [9.17, 15) is 0 Å². The summed E-state index contributed by atoms with van der Waals surface area (Å²) in [7, 11) is 0. The fraction of sp³-hybridized carbons (Fsp3) is 0.600. The van der Waals surface area contributed by atoms with Gasteiger partial charge in [0.1, 0.15) is 17.2 Å². The SMILES string of the molecule is CSc1cc(N2CCCNCC2)ncn1. The molecule has 0 aliphatic carbocycles. The van der Waals surface area contributed by atoms with Crippen LogP contribution >= 0.6 is 11.8 Å². The van der Waals surface area contributed by atoms with Gasteiger partial charge in [0.15, 0.2) is 0 Å². The first-order valence-electron chi connectivity index (χ1n) is 5.22. The lowest BCUT2D eigenvalue weighted by Gasteiger charge is -2.20. The molecule has 0 unspecified atom stereocenters. The summed E-state index contributed by atoms with van der Waals surface area (Å²) in [5, 5.41) is 4.42. The first-order valence-corrected chi connectivity index (χ1v) is 6.44. The molecule has 2 heterocycles. The third kappa shape index (κ3) is 2.82. The van der Waals surface area contributed by atoms with Crippen LogP contribution in [0.25, 0.3) is 0 Å². The molecule has 1 aliphatic rings. The van der Waals surface area contributed by atoms with E-state index in [0.29, 0.717) is 0 Å². The van der Waals surface area contributed by atoms with E-state index in [0.717, 1.165) is 37.0 Å². The van der Waals surface area contributed by atoms with Crippen molar-refractivity contribution in [2.45, 2.75) is 11.4 Å². The quantitative estimate of drug-likeness (QED) is 0.599. The topological polar surface area (TPSA) is 41.0 Å². The van der Waals surface area contributed by atoms with Crippen molar-refractivity contribution < 1.29 is 0 Å². The van der Waals surface area contributed by atoms with Gasteiger partial charge in [0.2, 0.25) is 0 Å². The van der Waals surface area contributed by atoms with Crippen LogP contribution in [0.3, 0.4) is 0 Å². The van der Waals surface area contributed by atoms with Crippen LogP contribution < -0.4 is 10.2 Å². The van der Waals surface area contributed by atoms with Crippen LogP contribution in [0.4, 0.5) is 5.82 Å². The zero-order valence-corrected chi connectivity index (χ0v) is 9.76. The van der Waals surface area contributed by atoms with Gasteiger partial charge in [-0.1, -0.05) is 0 Å². The molecule has 0 spiro atoms. The standard InChI is InChI=1S/C10H16N4S/c1-15-10-7-9(12-8-13-10)14-5-2-3-11-4-6-14/h7-8,11H,2-6H2,1H3. The highest BCUT2D eigenvalue weighted by Gasteiger charge is 2.10. The molecule has 15 heavy (non-hydrogen) atoms. The zero-order chi connectivity index (χ0) is 10.5. The predicted molar refractivity (Wildman–Crippen MR) is 63.5 cm³/mol. The van der Waals surface area contributed by atoms with Crippen molar-refractivity contribution in [3.8, 4) is 0 Å². The minimum absolute atomic E-state index is 1.03. The molecule has 0 aromatic carbocycles. The van der Waals surface area contributed by atoms with E-state index >= 15 is 0 Å². The Kier molecular flexibility index (Phi) is 3.80. The van der Waals surface area contributed by atoms with E-state index in [1.807, 2.05) is 6.26 Å². The molecule has 1 fully saturated rings. The van der Waals surface area contributed by atoms with Crippen LogP contribution in [-0.4, -0.2) is 42.4 Å². The second kappa shape index (κ2) is 5.32. The fourth-order valence-corrected chi connectivity index (χ4v) is 2.07. The molecule has 5 heteroatoms. The van der Waals surface area contributed by atoms with E-state index in [2.05, 4.69) is 26.3 Å². The summed E-state index contributed by atoms with van der Waals surface area (Å²) in [6.45, 7) is 4.26. The van der Waals surface area contributed by atoms with Crippen LogP contribution in [0.15, 0.2) is 17.4 Å². The number of nitrogens with zero attached hydrogens (tertiary/aromatic N) is 3. The number of anilines is 1. The maximum Gasteiger partial charge on any atom is 0.133 e. The van der Waals surface area contributed by atoms with E-state index in [-0.39, 0.29) is 0 Å². The Morgan fingerprint density at radius 1 is 1.33 bits per heavy atom. The van der Waals surface area contributed by atoms with Crippen LogP contribution in [0, 0.1) is 0 Å². The first kappa shape index (κ1) is 10.7. The van der Waals surface area contributed by atoms with Crippen molar-refractivity contribution in [1.82, 2.24) is 15.3 Å². The van der Waals surface area contributed by atoms with Crippen LogP contribution in [0.1, 0.15) is 6.42 Å². The molecular weight excluding hydrogens is 208 g/mol. The van der Waals surface area contributed by atoms with E-state index in [4.69, 9.17) is 0 Å². The monoisotopic (exact) mass is 224 g/mol. The molecular formula is C10H16N4S. The lowest BCUT2D eigenvalue weighted by atomic mass is 10.4. The molecule has 1 aliphatic heterocycles. The number of nitrogens with one attached hydrogen (secondary N) is 1. The minimum atomic E-state index is 1.03. The van der Waals surface area contributed by atoms with Gasteiger partial charge in [0, 0.05) is 25.7 Å². The molecule has 1 saturated heterocycles. The van der Waals surface area contributed by atoms with E-state index in [1.54, 1.807) is 18.1 Å². The average molecular weight is 224 g/mol. The Morgan fingerprint density at radius 2 is 2.27 bits per heavy atom. The van der Waals surface area contributed by atoms with Crippen molar-refractivity contribution >= 4 is 17.6 Å². The molecule has 2 rings (SSSR count). The minimum Gasteiger partial charge on any atom is -0.355 e. The van der Waals surface area contributed by atoms with Gasteiger partial charge in [-0.25, -0.2) is 9.97 Å². The van der Waals surface area contributed by atoms with Crippen molar-refractivity contribution in [2.24, 2.45) is 0 Å². The normalized spacial score (nSPS) is 17.5. The lowest BCUT2D eigenvalue weighted by Crippen LogP contribution is -2.28. The van der Waals surface area contributed by atoms with Gasteiger partial charge in [0.05, 0.1) is 0 Å². The van der Waals surface area contributed by atoms with Crippen molar-refractivity contribution in [1.29, 1.82) is 0 Å². The zero-order valence-electron chi connectivity index (χ0n) is 8.94. The van der Waals surface area contributed by atoms with Gasteiger partial charge in [0.25, 0.3) is 0 Å². The number of hydrogen-bond donors (Lipinski definition) is 1. The Hall–Kier alpha value is -0.810. The molecule has 1 aromatic heterocycles. The Labute approximate surface area is 94.5 Å². The smallest absolute Gasteiger partial charge is 0.133 e. The van der Waals surface area contributed by atoms with Crippen molar-refractivity contribution in [3.05, 3.63) is 12.4 Å². The first-order chi connectivity index (χ1) is 7.40. The second-order valence-corrected chi connectivity index (χ2v) is 4.34. The average Bonchev–Trinajstić information content (AvgIpc) is 2.58. The maximum atomic E-state index is 4.33. The summed E-state index contributed by atoms with van der Waals surface area (Å²) in [6.07, 6.45) is 4.87. The summed E-state index contributed by atoms with van der Waals surface area (Å²) in [5.41, 5.74) is 0. The molecule has 0 amide bonds. The second-order valence-electron chi connectivity index (χ2n) is 3.51. The number of rotatable bonds is 2.